The summed E-state index contributed by atoms with van der Waals surface area (Å²) in [4.78, 5) is 8.75. The molecule has 2 N–H and O–H groups in total. The molecule has 0 radical (unpaired) electrons. The minimum absolute atomic E-state index is 0.0234. The summed E-state index contributed by atoms with van der Waals surface area (Å²) in [6, 6.07) is 0.0234. The van der Waals surface area contributed by atoms with Gasteiger partial charge in [-0.25, -0.2) is 9.97 Å². The fourth-order valence-electron chi connectivity index (χ4n) is 1.43. The van der Waals surface area contributed by atoms with Crippen molar-refractivity contribution in [3.63, 3.8) is 0 Å². The molecule has 0 saturated carbocycles. The molecule has 1 aromatic heterocycles. The van der Waals surface area contributed by atoms with E-state index in [0.29, 0.717) is 0 Å². The Morgan fingerprint density at radius 1 is 1.50 bits per heavy atom. The Labute approximate surface area is 85.8 Å². The van der Waals surface area contributed by atoms with Crippen LogP contribution in [0.2, 0.25) is 0 Å². The van der Waals surface area contributed by atoms with Crippen LogP contribution in [0, 0.1) is 6.92 Å². The maximum atomic E-state index is 5.78. The molecule has 0 aliphatic heterocycles. The van der Waals surface area contributed by atoms with Crippen LogP contribution < -0.4 is 5.73 Å². The van der Waals surface area contributed by atoms with E-state index in [2.05, 4.69) is 16.9 Å². The predicted octanol–water partition coefficient (Wildman–Crippen LogP) is 2.15. The highest BCUT2D eigenvalue weighted by Crippen LogP contribution is 2.12. The molecule has 0 bridgehead atoms. The summed E-state index contributed by atoms with van der Waals surface area (Å²) in [5.41, 5.74) is 7.85. The first kappa shape index (κ1) is 11.1. The Hall–Kier alpha value is -0.960. The number of aryl methyl sites for hydroxylation is 2. The molecule has 1 heterocycles. The highest BCUT2D eigenvalue weighted by molar-refractivity contribution is 5.19. The summed E-state index contributed by atoms with van der Waals surface area (Å²) < 4.78 is 0. The summed E-state index contributed by atoms with van der Waals surface area (Å²) >= 11 is 0. The Kier molecular flexibility index (Phi) is 4.01. The number of unbranched alkanes of at least 4 members (excludes halogenated alkanes) is 1. The summed E-state index contributed by atoms with van der Waals surface area (Å²) in [5, 5.41) is 0. The molecule has 78 valence electrons. The second-order valence-corrected chi connectivity index (χ2v) is 3.72. The zero-order valence-electron chi connectivity index (χ0n) is 9.25. The average molecular weight is 193 g/mol. The van der Waals surface area contributed by atoms with Gasteiger partial charge in [-0.1, -0.05) is 13.3 Å². The summed E-state index contributed by atoms with van der Waals surface area (Å²) in [7, 11) is 0. The fourth-order valence-corrected chi connectivity index (χ4v) is 1.43. The zero-order chi connectivity index (χ0) is 10.6. The van der Waals surface area contributed by atoms with Crippen LogP contribution in [0.4, 0.5) is 0 Å². The van der Waals surface area contributed by atoms with Gasteiger partial charge >= 0.3 is 0 Å². The molecule has 1 rings (SSSR count). The summed E-state index contributed by atoms with van der Waals surface area (Å²) in [5.74, 6) is 0.939. The van der Waals surface area contributed by atoms with Crippen molar-refractivity contribution in [1.82, 2.24) is 9.97 Å². The van der Waals surface area contributed by atoms with Crippen LogP contribution in [0.1, 0.15) is 49.8 Å². The predicted molar refractivity (Wildman–Crippen MR) is 58.0 cm³/mol. The molecule has 0 fully saturated rings. The van der Waals surface area contributed by atoms with E-state index in [4.69, 9.17) is 5.73 Å². The minimum Gasteiger partial charge on any atom is -0.324 e. The van der Waals surface area contributed by atoms with E-state index >= 15 is 0 Å². The molecule has 0 saturated heterocycles. The molecule has 0 amide bonds. The molecule has 1 atom stereocenters. The Balaban J connectivity index is 2.78. The maximum absolute atomic E-state index is 5.78. The fraction of sp³-hybridized carbons (Fsp3) is 0.636. The van der Waals surface area contributed by atoms with E-state index < -0.39 is 0 Å². The van der Waals surface area contributed by atoms with E-state index in [-0.39, 0.29) is 6.04 Å². The van der Waals surface area contributed by atoms with Gasteiger partial charge in [0.15, 0.2) is 0 Å². The average Bonchev–Trinajstić information content (AvgIpc) is 2.14. The number of hydrogen-bond donors (Lipinski definition) is 1. The lowest BCUT2D eigenvalue weighted by molar-refractivity contribution is 0.727. The van der Waals surface area contributed by atoms with Crippen LogP contribution >= 0.6 is 0 Å². The monoisotopic (exact) mass is 193 g/mol. The van der Waals surface area contributed by atoms with E-state index in [1.807, 2.05) is 20.0 Å². The Bertz CT molecular complexity index is 295. The normalized spacial score (nSPS) is 12.9. The van der Waals surface area contributed by atoms with Crippen molar-refractivity contribution in [2.45, 2.75) is 46.1 Å². The molecule has 3 nitrogen and oxygen atoms in total. The van der Waals surface area contributed by atoms with Gasteiger partial charge in [-0.15, -0.1) is 0 Å². The van der Waals surface area contributed by atoms with Crippen LogP contribution in [0.5, 0.6) is 0 Å². The summed E-state index contributed by atoms with van der Waals surface area (Å²) in [6.45, 7) is 6.12. The lowest BCUT2D eigenvalue weighted by Crippen LogP contribution is -2.10. The Morgan fingerprint density at radius 3 is 2.71 bits per heavy atom. The summed E-state index contributed by atoms with van der Waals surface area (Å²) in [6.07, 6.45) is 5.16. The van der Waals surface area contributed by atoms with E-state index in [1.54, 1.807) is 0 Å². The largest absolute Gasteiger partial charge is 0.324 e. The van der Waals surface area contributed by atoms with Crippen LogP contribution in [-0.2, 0) is 6.42 Å². The van der Waals surface area contributed by atoms with Crippen molar-refractivity contribution in [3.05, 3.63) is 23.3 Å². The van der Waals surface area contributed by atoms with E-state index in [1.165, 1.54) is 6.42 Å². The maximum Gasteiger partial charge on any atom is 0.128 e. The van der Waals surface area contributed by atoms with Gasteiger partial charge in [0, 0.05) is 29.9 Å². The number of rotatable bonds is 4. The highest BCUT2D eigenvalue weighted by Gasteiger charge is 2.06. The van der Waals surface area contributed by atoms with Gasteiger partial charge in [0.05, 0.1) is 0 Å². The number of aromatic nitrogens is 2. The van der Waals surface area contributed by atoms with Crippen molar-refractivity contribution < 1.29 is 0 Å². The van der Waals surface area contributed by atoms with Crippen molar-refractivity contribution >= 4 is 0 Å². The molecule has 14 heavy (non-hydrogen) atoms. The van der Waals surface area contributed by atoms with Gasteiger partial charge in [0.25, 0.3) is 0 Å². The lowest BCUT2D eigenvalue weighted by Gasteiger charge is -2.09. The molecule has 0 aliphatic carbocycles. The number of hydrogen-bond acceptors (Lipinski definition) is 3. The van der Waals surface area contributed by atoms with Crippen LogP contribution in [-0.4, -0.2) is 9.97 Å². The Morgan fingerprint density at radius 2 is 2.21 bits per heavy atom. The zero-order valence-corrected chi connectivity index (χ0v) is 9.25. The van der Waals surface area contributed by atoms with Crippen molar-refractivity contribution in [2.75, 3.05) is 0 Å². The van der Waals surface area contributed by atoms with Crippen molar-refractivity contribution in [2.24, 2.45) is 5.73 Å². The van der Waals surface area contributed by atoms with Crippen molar-refractivity contribution in [3.8, 4) is 0 Å². The minimum atomic E-state index is 0.0234. The second-order valence-electron chi connectivity index (χ2n) is 3.72. The van der Waals surface area contributed by atoms with Gasteiger partial charge < -0.3 is 5.73 Å². The second kappa shape index (κ2) is 5.05. The molecule has 0 aliphatic rings. The smallest absolute Gasteiger partial charge is 0.128 e. The van der Waals surface area contributed by atoms with Crippen molar-refractivity contribution in [1.29, 1.82) is 0 Å². The van der Waals surface area contributed by atoms with Gasteiger partial charge in [0.2, 0.25) is 0 Å². The van der Waals surface area contributed by atoms with Crippen LogP contribution in [0.25, 0.3) is 0 Å². The first-order chi connectivity index (χ1) is 6.65. The first-order valence-electron chi connectivity index (χ1n) is 5.23. The van der Waals surface area contributed by atoms with Gasteiger partial charge in [-0.3, -0.25) is 0 Å². The molecule has 1 aromatic rings. The van der Waals surface area contributed by atoms with E-state index in [9.17, 15) is 0 Å². The molecule has 3 heteroatoms. The third-order valence-corrected chi connectivity index (χ3v) is 2.31. The topological polar surface area (TPSA) is 51.8 Å². The standard InChI is InChI=1S/C11H19N3/c1-4-5-6-11-13-7-10(8(2)12)9(3)14-11/h7-8H,4-6,12H2,1-3H3. The molecule has 0 aromatic carbocycles. The first-order valence-corrected chi connectivity index (χ1v) is 5.23. The van der Waals surface area contributed by atoms with Crippen LogP contribution in [0.3, 0.4) is 0 Å². The molecular formula is C11H19N3. The van der Waals surface area contributed by atoms with Gasteiger partial charge in [0.1, 0.15) is 5.82 Å². The number of nitrogens with zero attached hydrogens (tertiary/aromatic N) is 2. The van der Waals surface area contributed by atoms with Gasteiger partial charge in [-0.05, 0) is 20.3 Å². The quantitative estimate of drug-likeness (QED) is 0.797. The van der Waals surface area contributed by atoms with E-state index in [0.717, 1.165) is 29.9 Å². The van der Waals surface area contributed by atoms with Gasteiger partial charge in [-0.2, -0.15) is 0 Å². The number of nitrogens with two attached hydrogens (primary N) is 1. The molecular weight excluding hydrogens is 174 g/mol. The third kappa shape index (κ3) is 2.77. The SMILES string of the molecule is CCCCc1ncc(C(C)N)c(C)n1. The van der Waals surface area contributed by atoms with Crippen LogP contribution in [0.15, 0.2) is 6.20 Å². The highest BCUT2D eigenvalue weighted by atomic mass is 14.9. The third-order valence-electron chi connectivity index (χ3n) is 2.31. The molecule has 0 spiro atoms. The molecule has 1 unspecified atom stereocenters. The lowest BCUT2D eigenvalue weighted by atomic mass is 10.1.